The molecule has 5 heteroatoms. The van der Waals surface area contributed by atoms with Gasteiger partial charge < -0.3 is 20.1 Å². The number of amides is 1. The minimum atomic E-state index is -0.0639. The summed E-state index contributed by atoms with van der Waals surface area (Å²) in [6.07, 6.45) is 0.993. The summed E-state index contributed by atoms with van der Waals surface area (Å²) in [4.78, 5) is 14.1. The van der Waals surface area contributed by atoms with Crippen LogP contribution in [0.4, 0.5) is 5.69 Å². The van der Waals surface area contributed by atoms with E-state index in [0.717, 1.165) is 6.42 Å². The predicted octanol–water partition coefficient (Wildman–Crippen LogP) is 1.14. The van der Waals surface area contributed by atoms with Crippen LogP contribution >= 0.6 is 0 Å². The second kappa shape index (κ2) is 5.27. The molecule has 1 amide bonds. The molecule has 1 atom stereocenters. The molecule has 1 fully saturated rings. The van der Waals surface area contributed by atoms with Gasteiger partial charge in [0.25, 0.3) is 5.91 Å². The summed E-state index contributed by atoms with van der Waals surface area (Å²) in [6, 6.07) is 5.11. The van der Waals surface area contributed by atoms with Crippen molar-refractivity contribution in [3.63, 3.8) is 0 Å². The van der Waals surface area contributed by atoms with Gasteiger partial charge in [0.2, 0.25) is 0 Å². The summed E-state index contributed by atoms with van der Waals surface area (Å²) in [5.41, 5.74) is 6.81. The molecule has 1 saturated heterocycles. The Morgan fingerprint density at radius 1 is 1.44 bits per heavy atom. The van der Waals surface area contributed by atoms with Gasteiger partial charge in [-0.05, 0) is 24.6 Å². The molecule has 1 unspecified atom stereocenters. The molecular formula is C13H18N2O3. The maximum absolute atomic E-state index is 12.3. The summed E-state index contributed by atoms with van der Waals surface area (Å²) >= 11 is 0. The van der Waals surface area contributed by atoms with E-state index in [0.29, 0.717) is 30.1 Å². The van der Waals surface area contributed by atoms with Crippen LogP contribution in [-0.4, -0.2) is 44.2 Å². The van der Waals surface area contributed by atoms with Crippen LogP contribution in [0.25, 0.3) is 0 Å². The Balaban J connectivity index is 2.18. The maximum atomic E-state index is 12.3. The standard InChI is InChI=1S/C13H18N2O3/c1-17-9-3-4-12(14)11(7-9)13(16)15-6-5-10(8-15)18-2/h3-4,7,10H,5-6,8,14H2,1-2H3. The normalized spacial score (nSPS) is 19.0. The molecule has 1 aliphatic heterocycles. The van der Waals surface area contributed by atoms with Gasteiger partial charge in [-0.15, -0.1) is 0 Å². The molecule has 1 aliphatic rings. The highest BCUT2D eigenvalue weighted by Gasteiger charge is 2.27. The second-order valence-electron chi connectivity index (χ2n) is 4.35. The first-order valence-electron chi connectivity index (χ1n) is 5.91. The smallest absolute Gasteiger partial charge is 0.256 e. The minimum Gasteiger partial charge on any atom is -0.497 e. The number of nitrogen functional groups attached to an aromatic ring is 1. The summed E-state index contributed by atoms with van der Waals surface area (Å²) in [6.45, 7) is 1.32. The van der Waals surface area contributed by atoms with E-state index >= 15 is 0 Å². The van der Waals surface area contributed by atoms with Gasteiger partial charge in [-0.2, -0.15) is 0 Å². The van der Waals surface area contributed by atoms with Gasteiger partial charge in [0.05, 0.1) is 18.8 Å². The minimum absolute atomic E-state index is 0.0639. The number of nitrogens with zero attached hydrogens (tertiary/aromatic N) is 1. The maximum Gasteiger partial charge on any atom is 0.256 e. The Hall–Kier alpha value is -1.75. The molecule has 0 aromatic heterocycles. The van der Waals surface area contributed by atoms with Crippen molar-refractivity contribution in [2.75, 3.05) is 33.0 Å². The highest BCUT2D eigenvalue weighted by molar-refractivity contribution is 5.99. The fraction of sp³-hybridized carbons (Fsp3) is 0.462. The van der Waals surface area contributed by atoms with Crippen molar-refractivity contribution in [3.8, 4) is 5.75 Å². The molecule has 0 aliphatic carbocycles. The van der Waals surface area contributed by atoms with E-state index < -0.39 is 0 Å². The van der Waals surface area contributed by atoms with E-state index in [-0.39, 0.29) is 12.0 Å². The highest BCUT2D eigenvalue weighted by atomic mass is 16.5. The lowest BCUT2D eigenvalue weighted by atomic mass is 10.1. The Kier molecular flexibility index (Phi) is 3.72. The van der Waals surface area contributed by atoms with E-state index in [9.17, 15) is 4.79 Å². The third kappa shape index (κ3) is 2.41. The van der Waals surface area contributed by atoms with Crippen molar-refractivity contribution in [2.24, 2.45) is 0 Å². The molecule has 0 saturated carbocycles. The zero-order chi connectivity index (χ0) is 13.1. The van der Waals surface area contributed by atoms with Gasteiger partial charge in [0.15, 0.2) is 0 Å². The number of likely N-dealkylation sites (tertiary alicyclic amines) is 1. The van der Waals surface area contributed by atoms with Crippen LogP contribution in [0.2, 0.25) is 0 Å². The Labute approximate surface area is 106 Å². The lowest BCUT2D eigenvalue weighted by molar-refractivity contribution is 0.0725. The van der Waals surface area contributed by atoms with Crippen molar-refractivity contribution in [3.05, 3.63) is 23.8 Å². The zero-order valence-corrected chi connectivity index (χ0v) is 10.7. The third-order valence-corrected chi connectivity index (χ3v) is 3.26. The van der Waals surface area contributed by atoms with Crippen LogP contribution in [-0.2, 0) is 4.74 Å². The summed E-state index contributed by atoms with van der Waals surface area (Å²) in [5.74, 6) is 0.570. The largest absolute Gasteiger partial charge is 0.497 e. The van der Waals surface area contributed by atoms with E-state index in [1.165, 1.54) is 0 Å². The van der Waals surface area contributed by atoms with Crippen molar-refractivity contribution >= 4 is 11.6 Å². The zero-order valence-electron chi connectivity index (χ0n) is 10.7. The Morgan fingerprint density at radius 2 is 2.22 bits per heavy atom. The second-order valence-corrected chi connectivity index (χ2v) is 4.35. The van der Waals surface area contributed by atoms with Gasteiger partial charge in [0.1, 0.15) is 5.75 Å². The van der Waals surface area contributed by atoms with Crippen LogP contribution in [0, 0.1) is 0 Å². The van der Waals surface area contributed by atoms with Crippen molar-refractivity contribution in [1.82, 2.24) is 4.90 Å². The first-order chi connectivity index (χ1) is 8.65. The first-order valence-corrected chi connectivity index (χ1v) is 5.91. The van der Waals surface area contributed by atoms with Gasteiger partial charge in [-0.3, -0.25) is 4.79 Å². The summed E-state index contributed by atoms with van der Waals surface area (Å²) < 4.78 is 10.4. The topological polar surface area (TPSA) is 64.8 Å². The van der Waals surface area contributed by atoms with Gasteiger partial charge in [-0.25, -0.2) is 0 Å². The molecule has 5 nitrogen and oxygen atoms in total. The number of carbonyl (C=O) groups is 1. The van der Waals surface area contributed by atoms with E-state index in [1.807, 2.05) is 0 Å². The molecule has 2 N–H and O–H groups in total. The van der Waals surface area contributed by atoms with Crippen LogP contribution in [0.5, 0.6) is 5.75 Å². The van der Waals surface area contributed by atoms with Gasteiger partial charge in [0, 0.05) is 25.9 Å². The van der Waals surface area contributed by atoms with Crippen molar-refractivity contribution < 1.29 is 14.3 Å². The summed E-state index contributed by atoms with van der Waals surface area (Å²) in [7, 11) is 3.23. The fourth-order valence-corrected chi connectivity index (χ4v) is 2.12. The summed E-state index contributed by atoms with van der Waals surface area (Å²) in [5, 5.41) is 0. The SMILES string of the molecule is COc1ccc(N)c(C(=O)N2CCC(OC)C2)c1. The number of anilines is 1. The van der Waals surface area contributed by atoms with E-state index in [1.54, 1.807) is 37.3 Å². The van der Waals surface area contributed by atoms with Crippen LogP contribution in [0.1, 0.15) is 16.8 Å². The molecule has 0 spiro atoms. The average Bonchev–Trinajstić information content (AvgIpc) is 2.87. The Morgan fingerprint density at radius 3 is 2.83 bits per heavy atom. The van der Waals surface area contributed by atoms with Gasteiger partial charge in [-0.1, -0.05) is 0 Å². The quantitative estimate of drug-likeness (QED) is 0.817. The molecule has 1 aromatic carbocycles. The van der Waals surface area contributed by atoms with E-state index in [2.05, 4.69) is 0 Å². The Bertz CT molecular complexity index is 448. The molecule has 1 aromatic rings. The lowest BCUT2D eigenvalue weighted by Crippen LogP contribution is -2.30. The average molecular weight is 250 g/mol. The number of hydrogen-bond acceptors (Lipinski definition) is 4. The third-order valence-electron chi connectivity index (χ3n) is 3.26. The molecule has 0 radical (unpaired) electrons. The fourth-order valence-electron chi connectivity index (χ4n) is 2.12. The molecule has 2 rings (SSSR count). The van der Waals surface area contributed by atoms with Crippen LogP contribution in [0.3, 0.4) is 0 Å². The molecule has 98 valence electrons. The highest BCUT2D eigenvalue weighted by Crippen LogP contribution is 2.23. The first kappa shape index (κ1) is 12.7. The lowest BCUT2D eigenvalue weighted by Gasteiger charge is -2.17. The number of hydrogen-bond donors (Lipinski definition) is 1. The predicted molar refractivity (Wildman–Crippen MR) is 68.7 cm³/mol. The molecule has 1 heterocycles. The molecular weight excluding hydrogens is 232 g/mol. The van der Waals surface area contributed by atoms with E-state index in [4.69, 9.17) is 15.2 Å². The number of nitrogens with two attached hydrogens (primary N) is 1. The number of methoxy groups -OCH3 is 2. The van der Waals surface area contributed by atoms with Crippen molar-refractivity contribution in [2.45, 2.75) is 12.5 Å². The van der Waals surface area contributed by atoms with Crippen LogP contribution in [0.15, 0.2) is 18.2 Å². The van der Waals surface area contributed by atoms with Crippen LogP contribution < -0.4 is 10.5 Å². The number of carbonyl (C=O) groups excluding carboxylic acids is 1. The van der Waals surface area contributed by atoms with Crippen molar-refractivity contribution in [1.29, 1.82) is 0 Å². The van der Waals surface area contributed by atoms with Gasteiger partial charge >= 0.3 is 0 Å². The molecule has 0 bridgehead atoms. The number of rotatable bonds is 3. The number of ether oxygens (including phenoxy) is 2. The molecule has 18 heavy (non-hydrogen) atoms. The monoisotopic (exact) mass is 250 g/mol. The number of benzene rings is 1.